The molecule has 1 aliphatic rings. The molecule has 0 aromatic rings. The molecule has 2 nitrogen and oxygen atoms in total. The van der Waals surface area contributed by atoms with E-state index in [1.54, 1.807) is 0 Å². The molecule has 1 saturated heterocycles. The minimum absolute atomic E-state index is 0.0617. The fourth-order valence-electron chi connectivity index (χ4n) is 2.17. The molecule has 0 radical (unpaired) electrons. The Kier molecular flexibility index (Phi) is 6.62. The molecule has 0 aliphatic carbocycles. The molecular weight excluding hydrogens is 212 g/mol. The molecule has 0 saturated carbocycles. The molecule has 90 valence electrons. The minimum Gasteiger partial charge on any atom is -0.393 e. The van der Waals surface area contributed by atoms with Crippen molar-refractivity contribution in [3.63, 3.8) is 0 Å². The van der Waals surface area contributed by atoms with E-state index in [-0.39, 0.29) is 18.3 Å². The molecule has 1 aliphatic heterocycles. The van der Waals surface area contributed by atoms with E-state index in [9.17, 15) is 5.11 Å². The number of aliphatic hydroxyl groups is 1. The van der Waals surface area contributed by atoms with Crippen molar-refractivity contribution in [2.24, 2.45) is 0 Å². The molecule has 3 heteroatoms. The molecule has 0 aromatic carbocycles. The van der Waals surface area contributed by atoms with Crippen LogP contribution in [-0.2, 0) is 4.74 Å². The molecule has 0 spiro atoms. The van der Waals surface area contributed by atoms with E-state index in [1.165, 1.54) is 25.7 Å². The van der Waals surface area contributed by atoms with Gasteiger partial charge in [0.15, 0.2) is 0 Å². The lowest BCUT2D eigenvalue weighted by Crippen LogP contribution is -2.36. The first kappa shape index (κ1) is 13.3. The smallest absolute Gasteiger partial charge is 0.0738 e. The third kappa shape index (κ3) is 5.19. The van der Waals surface area contributed by atoms with Crippen LogP contribution in [0.5, 0.6) is 0 Å². The Morgan fingerprint density at radius 2 is 1.93 bits per heavy atom. The average molecular weight is 235 g/mol. The van der Waals surface area contributed by atoms with Crippen LogP contribution in [0.25, 0.3) is 0 Å². The Balaban J connectivity index is 2.16. The van der Waals surface area contributed by atoms with Gasteiger partial charge in [0.05, 0.1) is 18.3 Å². The van der Waals surface area contributed by atoms with Gasteiger partial charge in [0.25, 0.3) is 0 Å². The van der Waals surface area contributed by atoms with Crippen LogP contribution in [-0.4, -0.2) is 29.3 Å². The van der Waals surface area contributed by atoms with Gasteiger partial charge in [-0.1, -0.05) is 32.6 Å². The van der Waals surface area contributed by atoms with Crippen molar-refractivity contribution in [2.75, 3.05) is 5.88 Å². The molecule has 0 amide bonds. The zero-order valence-electron chi connectivity index (χ0n) is 9.62. The zero-order chi connectivity index (χ0) is 11.1. The maximum Gasteiger partial charge on any atom is 0.0738 e. The second-order valence-corrected chi connectivity index (χ2v) is 4.82. The van der Waals surface area contributed by atoms with Gasteiger partial charge in [0.2, 0.25) is 0 Å². The monoisotopic (exact) mass is 234 g/mol. The standard InChI is InChI=1S/C12H23ClO2/c1-2-3-4-5-6-11-7-10(14)8-12(9-13)15-11/h10-12,14H,2-9H2,1H3/t10-,11+,12+/m1/s1. The molecule has 0 aromatic heterocycles. The average Bonchev–Trinajstić information content (AvgIpc) is 2.23. The van der Waals surface area contributed by atoms with Gasteiger partial charge in [-0.25, -0.2) is 0 Å². The second kappa shape index (κ2) is 7.48. The number of aliphatic hydroxyl groups excluding tert-OH is 1. The fraction of sp³-hybridized carbons (Fsp3) is 1.00. The van der Waals surface area contributed by atoms with Crippen LogP contribution < -0.4 is 0 Å². The van der Waals surface area contributed by atoms with Gasteiger partial charge in [-0.3, -0.25) is 0 Å². The van der Waals surface area contributed by atoms with E-state index >= 15 is 0 Å². The Morgan fingerprint density at radius 3 is 2.60 bits per heavy atom. The number of hydrogen-bond acceptors (Lipinski definition) is 2. The predicted molar refractivity (Wildman–Crippen MR) is 63.4 cm³/mol. The Labute approximate surface area is 98.0 Å². The maximum atomic E-state index is 9.65. The lowest BCUT2D eigenvalue weighted by atomic mass is 9.97. The minimum atomic E-state index is -0.210. The summed E-state index contributed by atoms with van der Waals surface area (Å²) >= 11 is 5.76. The SMILES string of the molecule is CCCCCC[C@H]1C[C@@H](O)C[C@@H](CCl)O1. The van der Waals surface area contributed by atoms with Crippen LogP contribution in [0.4, 0.5) is 0 Å². The fourth-order valence-corrected chi connectivity index (χ4v) is 2.37. The topological polar surface area (TPSA) is 29.5 Å². The van der Waals surface area contributed by atoms with Crippen LogP contribution in [0.15, 0.2) is 0 Å². The number of hydrogen-bond donors (Lipinski definition) is 1. The molecule has 1 N–H and O–H groups in total. The molecule has 15 heavy (non-hydrogen) atoms. The summed E-state index contributed by atoms with van der Waals surface area (Å²) in [5.74, 6) is 0.503. The summed E-state index contributed by atoms with van der Waals surface area (Å²) in [4.78, 5) is 0. The number of alkyl halides is 1. The first-order valence-corrected chi connectivity index (χ1v) is 6.69. The number of rotatable bonds is 6. The first-order chi connectivity index (χ1) is 7.26. The second-order valence-electron chi connectivity index (χ2n) is 4.51. The van der Waals surface area contributed by atoms with Gasteiger partial charge in [0.1, 0.15) is 0 Å². The van der Waals surface area contributed by atoms with E-state index in [2.05, 4.69) is 6.92 Å². The third-order valence-electron chi connectivity index (χ3n) is 3.01. The van der Waals surface area contributed by atoms with Gasteiger partial charge in [-0.15, -0.1) is 11.6 Å². The van der Waals surface area contributed by atoms with Gasteiger partial charge >= 0.3 is 0 Å². The summed E-state index contributed by atoms with van der Waals surface area (Å²) in [5, 5.41) is 9.65. The lowest BCUT2D eigenvalue weighted by molar-refractivity contribution is -0.0891. The summed E-state index contributed by atoms with van der Waals surface area (Å²) in [6, 6.07) is 0. The molecule has 0 bridgehead atoms. The van der Waals surface area contributed by atoms with Gasteiger partial charge in [0, 0.05) is 12.3 Å². The Morgan fingerprint density at radius 1 is 1.20 bits per heavy atom. The van der Waals surface area contributed by atoms with Crippen molar-refractivity contribution < 1.29 is 9.84 Å². The highest BCUT2D eigenvalue weighted by atomic mass is 35.5. The third-order valence-corrected chi connectivity index (χ3v) is 3.35. The van der Waals surface area contributed by atoms with Crippen molar-refractivity contribution in [1.29, 1.82) is 0 Å². The highest BCUT2D eigenvalue weighted by Gasteiger charge is 2.27. The van der Waals surface area contributed by atoms with E-state index in [4.69, 9.17) is 16.3 Å². The highest BCUT2D eigenvalue weighted by molar-refractivity contribution is 6.18. The summed E-state index contributed by atoms with van der Waals surface area (Å²) in [6.45, 7) is 2.21. The van der Waals surface area contributed by atoms with Crippen molar-refractivity contribution >= 4 is 11.6 Å². The quantitative estimate of drug-likeness (QED) is 0.565. The van der Waals surface area contributed by atoms with Gasteiger partial charge in [-0.05, 0) is 12.8 Å². The summed E-state index contributed by atoms with van der Waals surface area (Å²) in [7, 11) is 0. The van der Waals surface area contributed by atoms with Crippen molar-refractivity contribution in [1.82, 2.24) is 0 Å². The first-order valence-electron chi connectivity index (χ1n) is 6.15. The molecule has 1 heterocycles. The van der Waals surface area contributed by atoms with E-state index in [0.29, 0.717) is 12.3 Å². The van der Waals surface area contributed by atoms with E-state index in [1.807, 2.05) is 0 Å². The summed E-state index contributed by atoms with van der Waals surface area (Å²) < 4.78 is 5.79. The molecule has 1 rings (SSSR count). The van der Waals surface area contributed by atoms with Crippen LogP contribution in [0, 0.1) is 0 Å². The van der Waals surface area contributed by atoms with Crippen molar-refractivity contribution in [3.8, 4) is 0 Å². The largest absolute Gasteiger partial charge is 0.393 e. The van der Waals surface area contributed by atoms with Crippen LogP contribution >= 0.6 is 11.6 Å². The Bertz CT molecular complexity index is 164. The van der Waals surface area contributed by atoms with Crippen LogP contribution in [0.1, 0.15) is 51.9 Å². The highest BCUT2D eigenvalue weighted by Crippen LogP contribution is 2.24. The van der Waals surface area contributed by atoms with Crippen LogP contribution in [0.2, 0.25) is 0 Å². The number of ether oxygens (including phenoxy) is 1. The maximum absolute atomic E-state index is 9.65. The van der Waals surface area contributed by atoms with Crippen molar-refractivity contribution in [2.45, 2.75) is 70.2 Å². The van der Waals surface area contributed by atoms with E-state index in [0.717, 1.165) is 12.8 Å². The van der Waals surface area contributed by atoms with E-state index < -0.39 is 0 Å². The summed E-state index contributed by atoms with van der Waals surface area (Å²) in [5.41, 5.74) is 0. The van der Waals surface area contributed by atoms with Crippen molar-refractivity contribution in [3.05, 3.63) is 0 Å². The number of unbranched alkanes of at least 4 members (excludes halogenated alkanes) is 3. The molecule has 1 fully saturated rings. The zero-order valence-corrected chi connectivity index (χ0v) is 10.4. The Hall–Kier alpha value is 0.210. The normalized spacial score (nSPS) is 31.8. The molecule has 3 atom stereocenters. The summed E-state index contributed by atoms with van der Waals surface area (Å²) in [6.07, 6.45) is 7.70. The van der Waals surface area contributed by atoms with Gasteiger partial charge in [-0.2, -0.15) is 0 Å². The number of halogens is 1. The van der Waals surface area contributed by atoms with Crippen LogP contribution in [0.3, 0.4) is 0 Å². The molecular formula is C12H23ClO2. The lowest BCUT2D eigenvalue weighted by Gasteiger charge is -2.32. The molecule has 0 unspecified atom stereocenters. The predicted octanol–water partition coefficient (Wildman–Crippen LogP) is 3.10. The van der Waals surface area contributed by atoms with Gasteiger partial charge < -0.3 is 9.84 Å².